The summed E-state index contributed by atoms with van der Waals surface area (Å²) in [6.45, 7) is 0. The smallest absolute Gasteiger partial charge is 0.328 e. The van der Waals surface area contributed by atoms with Crippen molar-refractivity contribution in [3.63, 3.8) is 0 Å². The van der Waals surface area contributed by atoms with E-state index in [2.05, 4.69) is 15.2 Å². The van der Waals surface area contributed by atoms with Gasteiger partial charge in [-0.25, -0.2) is 4.79 Å². The first kappa shape index (κ1) is 23.8. The lowest BCUT2D eigenvalue weighted by atomic mass is 9.73. The molecule has 0 amide bonds. The summed E-state index contributed by atoms with van der Waals surface area (Å²) in [7, 11) is 1.60. The summed E-state index contributed by atoms with van der Waals surface area (Å²) in [6.07, 6.45) is 7.33. The van der Waals surface area contributed by atoms with Crippen LogP contribution in [-0.2, 0) is 4.79 Å². The molecule has 8 heteroatoms. The number of carboxylic acid groups (broad SMARTS) is 1. The van der Waals surface area contributed by atoms with Gasteiger partial charge in [-0.3, -0.25) is 10.1 Å². The van der Waals surface area contributed by atoms with Gasteiger partial charge < -0.3 is 9.84 Å². The molecule has 1 aliphatic rings. The van der Waals surface area contributed by atoms with E-state index in [0.29, 0.717) is 27.4 Å². The molecule has 36 heavy (non-hydrogen) atoms. The zero-order valence-electron chi connectivity index (χ0n) is 19.5. The third-order valence-corrected chi connectivity index (χ3v) is 6.83. The predicted octanol–water partition coefficient (Wildman–Crippen LogP) is 6.62. The van der Waals surface area contributed by atoms with Gasteiger partial charge in [0.1, 0.15) is 5.75 Å². The van der Waals surface area contributed by atoms with Crippen LogP contribution in [0.15, 0.2) is 60.8 Å². The van der Waals surface area contributed by atoms with Gasteiger partial charge in [-0.2, -0.15) is 9.49 Å². The van der Waals surface area contributed by atoms with Crippen molar-refractivity contribution < 1.29 is 19.0 Å². The van der Waals surface area contributed by atoms with Crippen LogP contribution in [0.5, 0.6) is 5.75 Å². The van der Waals surface area contributed by atoms with Crippen LogP contribution in [0.1, 0.15) is 41.6 Å². The first-order valence-corrected chi connectivity index (χ1v) is 11.9. The number of rotatable bonds is 7. The standard InChI is InChI=1S/C28H23ClFN3O3/c1-36-20-9-10-21(23(29)14-20)27(16-3-2-4-16)26(17-6-11-24-22(13-17)28(30)33-32-24)18-5-7-19(31-15-18)8-12-25(34)35/h5-16H,2-4H2,1H3,(H,32,33)(H,34,35)/b12-8+,27-26-. The number of ether oxygens (including phenoxy) is 1. The second-order valence-corrected chi connectivity index (χ2v) is 9.08. The third kappa shape index (κ3) is 4.62. The van der Waals surface area contributed by atoms with E-state index in [0.717, 1.165) is 53.2 Å². The van der Waals surface area contributed by atoms with Gasteiger partial charge in [0.05, 0.1) is 28.7 Å². The maximum absolute atomic E-state index is 14.5. The Hall–Kier alpha value is -3.97. The monoisotopic (exact) mass is 503 g/mol. The van der Waals surface area contributed by atoms with Crippen molar-refractivity contribution in [3.8, 4) is 5.75 Å². The quantitative estimate of drug-likeness (QED) is 0.219. The number of aromatic nitrogens is 3. The average molecular weight is 504 g/mol. The molecule has 0 radical (unpaired) electrons. The molecule has 2 aromatic heterocycles. The number of allylic oxidation sites excluding steroid dienone is 1. The lowest BCUT2D eigenvalue weighted by Gasteiger charge is -2.32. The number of methoxy groups -OCH3 is 1. The van der Waals surface area contributed by atoms with Crippen LogP contribution in [-0.4, -0.2) is 33.4 Å². The number of nitrogens with one attached hydrogen (secondary N) is 1. The fourth-order valence-electron chi connectivity index (χ4n) is 4.52. The number of fused-ring (bicyclic) bond motifs is 1. The highest BCUT2D eigenvalue weighted by Crippen LogP contribution is 2.47. The Kier molecular flexibility index (Phi) is 6.57. The van der Waals surface area contributed by atoms with E-state index in [1.54, 1.807) is 37.6 Å². The number of H-pyrrole nitrogens is 1. The highest BCUT2D eigenvalue weighted by molar-refractivity contribution is 6.33. The van der Waals surface area contributed by atoms with Crippen molar-refractivity contribution in [2.24, 2.45) is 5.92 Å². The van der Waals surface area contributed by atoms with Crippen LogP contribution < -0.4 is 4.74 Å². The third-order valence-electron chi connectivity index (χ3n) is 6.52. The summed E-state index contributed by atoms with van der Waals surface area (Å²) >= 11 is 6.78. The maximum atomic E-state index is 14.5. The molecule has 1 fully saturated rings. The van der Waals surface area contributed by atoms with Crippen LogP contribution in [0.2, 0.25) is 5.02 Å². The van der Waals surface area contributed by atoms with Crippen molar-refractivity contribution in [3.05, 3.63) is 94.2 Å². The number of benzene rings is 2. The summed E-state index contributed by atoms with van der Waals surface area (Å²) in [5.74, 6) is -0.608. The molecule has 0 saturated heterocycles. The molecular formula is C28H23ClFN3O3. The van der Waals surface area contributed by atoms with Crippen molar-refractivity contribution in [1.29, 1.82) is 0 Å². The zero-order chi connectivity index (χ0) is 25.2. The van der Waals surface area contributed by atoms with E-state index < -0.39 is 11.9 Å². The summed E-state index contributed by atoms with van der Waals surface area (Å²) in [6, 6.07) is 14.8. The normalized spacial score (nSPS) is 14.6. The summed E-state index contributed by atoms with van der Waals surface area (Å²) in [5, 5.41) is 16.3. The van der Waals surface area contributed by atoms with E-state index in [1.807, 2.05) is 24.3 Å². The minimum atomic E-state index is -1.04. The highest BCUT2D eigenvalue weighted by Gasteiger charge is 2.29. The van der Waals surface area contributed by atoms with Crippen LogP contribution in [0.4, 0.5) is 4.39 Å². The number of aromatic amines is 1. The molecule has 4 aromatic rings. The van der Waals surface area contributed by atoms with Gasteiger partial charge >= 0.3 is 5.97 Å². The fraction of sp³-hybridized carbons (Fsp3) is 0.179. The van der Waals surface area contributed by atoms with Crippen LogP contribution in [0.3, 0.4) is 0 Å². The average Bonchev–Trinajstić information content (AvgIpc) is 3.22. The first-order chi connectivity index (χ1) is 17.4. The molecule has 2 aromatic carbocycles. The van der Waals surface area contributed by atoms with Gasteiger partial charge in [0.15, 0.2) is 0 Å². The molecule has 0 atom stereocenters. The van der Waals surface area contributed by atoms with Crippen molar-refractivity contribution in [2.75, 3.05) is 7.11 Å². The lowest BCUT2D eigenvalue weighted by Crippen LogP contribution is -2.15. The Morgan fingerprint density at radius 1 is 1.17 bits per heavy atom. The number of halogens is 2. The molecular weight excluding hydrogens is 481 g/mol. The zero-order valence-corrected chi connectivity index (χ0v) is 20.2. The number of aliphatic carboxylic acids is 1. The molecule has 6 nitrogen and oxygen atoms in total. The second kappa shape index (κ2) is 9.95. The van der Waals surface area contributed by atoms with E-state index in [-0.39, 0.29) is 5.92 Å². The molecule has 0 unspecified atom stereocenters. The first-order valence-electron chi connectivity index (χ1n) is 11.5. The minimum Gasteiger partial charge on any atom is -0.497 e. The Morgan fingerprint density at radius 2 is 1.97 bits per heavy atom. The lowest BCUT2D eigenvalue weighted by molar-refractivity contribution is -0.131. The van der Waals surface area contributed by atoms with Gasteiger partial charge in [0.2, 0.25) is 5.95 Å². The minimum absolute atomic E-state index is 0.266. The predicted molar refractivity (Wildman–Crippen MR) is 138 cm³/mol. The molecule has 0 spiro atoms. The summed E-state index contributed by atoms with van der Waals surface area (Å²) in [4.78, 5) is 15.4. The van der Waals surface area contributed by atoms with Gasteiger partial charge in [-0.15, -0.1) is 0 Å². The Labute approximate surface area is 212 Å². The number of hydrogen-bond donors (Lipinski definition) is 2. The molecule has 5 rings (SSSR count). The molecule has 0 bridgehead atoms. The molecule has 182 valence electrons. The van der Waals surface area contributed by atoms with E-state index >= 15 is 0 Å². The fourth-order valence-corrected chi connectivity index (χ4v) is 4.79. The largest absolute Gasteiger partial charge is 0.497 e. The Balaban J connectivity index is 1.76. The SMILES string of the molecule is COc1ccc(/C(=C(\c2ccc(/C=C/C(=O)O)nc2)c2ccc3n[nH]c(F)c3c2)C2CCC2)c(Cl)c1. The van der Waals surface area contributed by atoms with Crippen LogP contribution >= 0.6 is 11.6 Å². The number of pyridine rings is 1. The maximum Gasteiger partial charge on any atom is 0.328 e. The number of hydrogen-bond acceptors (Lipinski definition) is 4. The van der Waals surface area contributed by atoms with E-state index in [4.69, 9.17) is 21.4 Å². The van der Waals surface area contributed by atoms with Gasteiger partial charge in [0.25, 0.3) is 0 Å². The van der Waals surface area contributed by atoms with Crippen LogP contribution in [0, 0.1) is 11.9 Å². The molecule has 1 saturated carbocycles. The van der Waals surface area contributed by atoms with Crippen molar-refractivity contribution in [2.45, 2.75) is 19.3 Å². The second-order valence-electron chi connectivity index (χ2n) is 8.68. The van der Waals surface area contributed by atoms with E-state index in [9.17, 15) is 9.18 Å². The Bertz CT molecular complexity index is 1500. The topological polar surface area (TPSA) is 88.1 Å². The number of nitrogens with zero attached hydrogens (tertiary/aromatic N) is 2. The molecule has 2 N–H and O–H groups in total. The van der Waals surface area contributed by atoms with Gasteiger partial charge in [0, 0.05) is 17.8 Å². The molecule has 2 heterocycles. The highest BCUT2D eigenvalue weighted by atomic mass is 35.5. The number of carbonyl (C=O) groups is 1. The van der Waals surface area contributed by atoms with Crippen molar-refractivity contribution in [1.82, 2.24) is 15.2 Å². The van der Waals surface area contributed by atoms with Gasteiger partial charge in [-0.1, -0.05) is 30.2 Å². The summed E-state index contributed by atoms with van der Waals surface area (Å²) in [5.41, 5.74) is 5.54. The summed E-state index contributed by atoms with van der Waals surface area (Å²) < 4.78 is 19.8. The van der Waals surface area contributed by atoms with Gasteiger partial charge in [-0.05, 0) is 83.5 Å². The number of carboxylic acids is 1. The van der Waals surface area contributed by atoms with E-state index in [1.165, 1.54) is 6.08 Å². The molecule has 0 aliphatic heterocycles. The van der Waals surface area contributed by atoms with Crippen molar-refractivity contribution >= 4 is 45.7 Å². The van der Waals surface area contributed by atoms with Crippen LogP contribution in [0.25, 0.3) is 28.1 Å². The Morgan fingerprint density at radius 3 is 2.61 bits per heavy atom. The molecule has 1 aliphatic carbocycles.